The normalized spacial score (nSPS) is 25.6. The molecule has 0 aromatic carbocycles. The van der Waals surface area contributed by atoms with Crippen molar-refractivity contribution in [3.63, 3.8) is 0 Å². The zero-order valence-electron chi connectivity index (χ0n) is 13.3. The smallest absolute Gasteiger partial charge is 0.330 e. The van der Waals surface area contributed by atoms with E-state index in [0.717, 1.165) is 25.7 Å². The average Bonchev–Trinajstić information content (AvgIpc) is 2.91. The van der Waals surface area contributed by atoms with Gasteiger partial charge in [0.15, 0.2) is 0 Å². The Morgan fingerprint density at radius 3 is 2.32 bits per heavy atom. The van der Waals surface area contributed by atoms with Gasteiger partial charge in [0.1, 0.15) is 6.04 Å². The molecule has 22 heavy (non-hydrogen) atoms. The Kier molecular flexibility index (Phi) is 5.63. The van der Waals surface area contributed by atoms with Crippen LogP contribution < -0.4 is 10.6 Å². The summed E-state index contributed by atoms with van der Waals surface area (Å²) in [6.07, 6.45) is 6.04. The second-order valence-corrected chi connectivity index (χ2v) is 6.03. The van der Waals surface area contributed by atoms with Crippen molar-refractivity contribution in [1.29, 1.82) is 0 Å². The van der Waals surface area contributed by atoms with Crippen LogP contribution >= 0.6 is 0 Å². The average molecular weight is 311 g/mol. The molecule has 2 rings (SSSR count). The first-order valence-corrected chi connectivity index (χ1v) is 7.95. The summed E-state index contributed by atoms with van der Waals surface area (Å²) in [6, 6.07) is -1.20. The van der Waals surface area contributed by atoms with Gasteiger partial charge in [0.2, 0.25) is 5.91 Å². The Hall–Kier alpha value is -1.79. The summed E-state index contributed by atoms with van der Waals surface area (Å²) in [5, 5.41) is 5.79. The minimum absolute atomic E-state index is 0.188. The quantitative estimate of drug-likeness (QED) is 0.754. The summed E-state index contributed by atoms with van der Waals surface area (Å²) in [5.41, 5.74) is 0. The fraction of sp³-hybridized carbons (Fsp3) is 0.800. The molecule has 7 heteroatoms. The van der Waals surface area contributed by atoms with E-state index in [9.17, 15) is 14.4 Å². The Labute approximate surface area is 130 Å². The minimum Gasteiger partial charge on any atom is -0.467 e. The molecule has 1 heterocycles. The molecule has 2 aliphatic rings. The fourth-order valence-electron chi connectivity index (χ4n) is 3.35. The molecule has 1 saturated heterocycles. The van der Waals surface area contributed by atoms with Crippen LogP contribution in [0.4, 0.5) is 4.79 Å². The predicted molar refractivity (Wildman–Crippen MR) is 80.1 cm³/mol. The fourth-order valence-corrected chi connectivity index (χ4v) is 3.35. The number of nitrogens with one attached hydrogen (secondary N) is 2. The van der Waals surface area contributed by atoms with Crippen LogP contribution in [-0.2, 0) is 14.3 Å². The number of methoxy groups -OCH3 is 1. The number of carbonyl (C=O) groups is 3. The van der Waals surface area contributed by atoms with Crippen molar-refractivity contribution in [2.75, 3.05) is 13.7 Å². The third-order valence-electron chi connectivity index (χ3n) is 4.50. The maximum Gasteiger partial charge on any atom is 0.330 e. The van der Waals surface area contributed by atoms with E-state index < -0.39 is 18.1 Å². The van der Waals surface area contributed by atoms with Crippen molar-refractivity contribution in [3.05, 3.63) is 0 Å². The van der Waals surface area contributed by atoms with Gasteiger partial charge in [0.05, 0.1) is 13.2 Å². The van der Waals surface area contributed by atoms with Gasteiger partial charge in [0.25, 0.3) is 0 Å². The number of hydrogen-bond acceptors (Lipinski definition) is 4. The van der Waals surface area contributed by atoms with Crippen LogP contribution in [0.3, 0.4) is 0 Å². The van der Waals surface area contributed by atoms with E-state index in [4.69, 9.17) is 4.74 Å². The van der Waals surface area contributed by atoms with E-state index in [2.05, 4.69) is 10.6 Å². The molecule has 7 nitrogen and oxygen atoms in total. The minimum atomic E-state index is -0.736. The zero-order valence-corrected chi connectivity index (χ0v) is 13.3. The maximum absolute atomic E-state index is 12.1. The van der Waals surface area contributed by atoms with Crippen molar-refractivity contribution >= 4 is 17.9 Å². The number of urea groups is 1. The maximum atomic E-state index is 12.1. The number of nitrogens with zero attached hydrogens (tertiary/aromatic N) is 1. The summed E-state index contributed by atoms with van der Waals surface area (Å²) in [4.78, 5) is 37.1. The van der Waals surface area contributed by atoms with Gasteiger partial charge in [-0.25, -0.2) is 9.59 Å². The second kappa shape index (κ2) is 7.47. The molecule has 2 fully saturated rings. The largest absolute Gasteiger partial charge is 0.467 e. The summed E-state index contributed by atoms with van der Waals surface area (Å²) in [5.74, 6) is -0.678. The number of rotatable bonds is 3. The first-order chi connectivity index (χ1) is 10.5. The molecule has 0 unspecified atom stereocenters. The number of hydrogen-bond donors (Lipinski definition) is 2. The van der Waals surface area contributed by atoms with E-state index in [0.29, 0.717) is 13.0 Å². The topological polar surface area (TPSA) is 87.7 Å². The van der Waals surface area contributed by atoms with Gasteiger partial charge in [-0.2, -0.15) is 0 Å². The Morgan fingerprint density at radius 1 is 1.05 bits per heavy atom. The number of likely N-dealkylation sites (tertiary alicyclic amines) is 1. The standard InChI is InChI=1S/C15H25N3O4/c1-10(19)18-9-8-12(13(18)14(20)22-2)17-15(21)16-11-6-4-3-5-7-11/h11-13H,3-9H2,1-2H3,(H2,16,17,21)/t12-,13-/m0/s1. The molecule has 0 aromatic heterocycles. The highest BCUT2D eigenvalue weighted by atomic mass is 16.5. The molecular weight excluding hydrogens is 286 g/mol. The Bertz CT molecular complexity index is 435. The van der Waals surface area contributed by atoms with Gasteiger partial charge in [-0.15, -0.1) is 0 Å². The first kappa shape index (κ1) is 16.6. The van der Waals surface area contributed by atoms with Crippen molar-refractivity contribution < 1.29 is 19.1 Å². The van der Waals surface area contributed by atoms with Crippen LogP contribution in [0.1, 0.15) is 45.4 Å². The van der Waals surface area contributed by atoms with E-state index in [1.807, 2.05) is 0 Å². The van der Waals surface area contributed by atoms with Crippen molar-refractivity contribution in [2.45, 2.75) is 63.6 Å². The highest BCUT2D eigenvalue weighted by Gasteiger charge is 2.42. The lowest BCUT2D eigenvalue weighted by Crippen LogP contribution is -2.54. The van der Waals surface area contributed by atoms with Crippen LogP contribution in [0.15, 0.2) is 0 Å². The predicted octanol–water partition coefficient (Wildman–Crippen LogP) is 0.781. The SMILES string of the molecule is COC(=O)[C@@H]1[C@@H](NC(=O)NC2CCCCC2)CCN1C(C)=O. The van der Waals surface area contributed by atoms with E-state index >= 15 is 0 Å². The monoisotopic (exact) mass is 311 g/mol. The molecule has 124 valence electrons. The van der Waals surface area contributed by atoms with Crippen LogP contribution in [0, 0.1) is 0 Å². The van der Waals surface area contributed by atoms with E-state index in [1.54, 1.807) is 0 Å². The molecule has 0 bridgehead atoms. The zero-order chi connectivity index (χ0) is 16.1. The molecule has 0 aromatic rings. The second-order valence-electron chi connectivity index (χ2n) is 6.03. The van der Waals surface area contributed by atoms with Crippen molar-refractivity contribution in [3.8, 4) is 0 Å². The van der Waals surface area contributed by atoms with Crippen LogP contribution in [0.2, 0.25) is 0 Å². The van der Waals surface area contributed by atoms with Gasteiger partial charge >= 0.3 is 12.0 Å². The summed E-state index contributed by atoms with van der Waals surface area (Å²) >= 11 is 0. The van der Waals surface area contributed by atoms with Gasteiger partial charge in [-0.05, 0) is 19.3 Å². The highest BCUT2D eigenvalue weighted by molar-refractivity contribution is 5.86. The molecule has 3 amide bonds. The Morgan fingerprint density at radius 2 is 1.73 bits per heavy atom. The molecule has 0 radical (unpaired) electrons. The first-order valence-electron chi connectivity index (χ1n) is 7.95. The summed E-state index contributed by atoms with van der Waals surface area (Å²) < 4.78 is 4.77. The molecule has 0 spiro atoms. The van der Waals surface area contributed by atoms with Crippen LogP contribution in [0.25, 0.3) is 0 Å². The third-order valence-corrected chi connectivity index (χ3v) is 4.50. The molecule has 1 aliphatic carbocycles. The number of esters is 1. The summed E-state index contributed by atoms with van der Waals surface area (Å²) in [7, 11) is 1.29. The molecular formula is C15H25N3O4. The lowest BCUT2D eigenvalue weighted by atomic mass is 9.96. The van der Waals surface area contributed by atoms with Gasteiger partial charge in [0, 0.05) is 19.5 Å². The van der Waals surface area contributed by atoms with E-state index in [1.165, 1.54) is 25.4 Å². The van der Waals surface area contributed by atoms with Gasteiger partial charge < -0.3 is 20.3 Å². The molecule has 2 N–H and O–H groups in total. The van der Waals surface area contributed by atoms with Crippen LogP contribution in [-0.4, -0.2) is 54.6 Å². The molecule has 1 saturated carbocycles. The lowest BCUT2D eigenvalue weighted by molar-refractivity contribution is -0.150. The van der Waals surface area contributed by atoms with E-state index in [-0.39, 0.29) is 18.0 Å². The van der Waals surface area contributed by atoms with Gasteiger partial charge in [-0.3, -0.25) is 4.79 Å². The number of amides is 3. The number of ether oxygens (including phenoxy) is 1. The Balaban J connectivity index is 1.93. The number of carbonyl (C=O) groups excluding carboxylic acids is 3. The highest BCUT2D eigenvalue weighted by Crippen LogP contribution is 2.20. The van der Waals surface area contributed by atoms with Gasteiger partial charge in [-0.1, -0.05) is 19.3 Å². The molecule has 2 atom stereocenters. The van der Waals surface area contributed by atoms with Crippen LogP contribution in [0.5, 0.6) is 0 Å². The third kappa shape index (κ3) is 3.90. The molecule has 1 aliphatic heterocycles. The van der Waals surface area contributed by atoms with Crippen molar-refractivity contribution in [2.24, 2.45) is 0 Å². The lowest BCUT2D eigenvalue weighted by Gasteiger charge is -2.27. The van der Waals surface area contributed by atoms with Crippen molar-refractivity contribution in [1.82, 2.24) is 15.5 Å². The summed E-state index contributed by atoms with van der Waals surface area (Å²) in [6.45, 7) is 1.86.